The predicted octanol–water partition coefficient (Wildman–Crippen LogP) is 3.09. The number of aromatic nitrogens is 1. The van der Waals surface area contributed by atoms with Crippen LogP contribution in [0.4, 0.5) is 0 Å². The molecular formula is C19H24N2O3. The molecule has 0 unspecified atom stereocenters. The number of hydrogen-bond acceptors (Lipinski definition) is 3. The predicted molar refractivity (Wildman–Crippen MR) is 94.8 cm³/mol. The summed E-state index contributed by atoms with van der Waals surface area (Å²) >= 11 is 0. The lowest BCUT2D eigenvalue weighted by atomic mass is 10.1. The summed E-state index contributed by atoms with van der Waals surface area (Å²) in [6, 6.07) is 7.38. The second kappa shape index (κ2) is 7.07. The number of ether oxygens (including phenoxy) is 1. The van der Waals surface area contributed by atoms with Gasteiger partial charge in [0.05, 0.1) is 7.11 Å². The van der Waals surface area contributed by atoms with Crippen molar-refractivity contribution in [2.75, 3.05) is 7.11 Å². The van der Waals surface area contributed by atoms with Crippen LogP contribution in [0.15, 0.2) is 29.1 Å². The molecule has 5 nitrogen and oxygen atoms in total. The Labute approximate surface area is 141 Å². The first-order valence-electron chi connectivity index (χ1n) is 8.66. The lowest BCUT2D eigenvalue weighted by molar-refractivity contribution is 0.0927. The van der Waals surface area contributed by atoms with Crippen LogP contribution < -0.4 is 15.6 Å². The monoisotopic (exact) mass is 328 g/mol. The summed E-state index contributed by atoms with van der Waals surface area (Å²) in [4.78, 5) is 25.6. The SMILES string of the molecule is CCCn1c(C(=O)NC2CCCC2)cc2cc(OC)ccc2c1=O. The molecule has 1 aliphatic rings. The van der Waals surface area contributed by atoms with Gasteiger partial charge in [-0.2, -0.15) is 0 Å². The molecule has 3 rings (SSSR count). The first-order valence-corrected chi connectivity index (χ1v) is 8.66. The normalized spacial score (nSPS) is 14.9. The lowest BCUT2D eigenvalue weighted by Gasteiger charge is -2.17. The van der Waals surface area contributed by atoms with Crippen molar-refractivity contribution >= 4 is 16.7 Å². The third kappa shape index (κ3) is 3.16. The van der Waals surface area contributed by atoms with Gasteiger partial charge in [0.1, 0.15) is 11.4 Å². The van der Waals surface area contributed by atoms with E-state index < -0.39 is 0 Å². The van der Waals surface area contributed by atoms with E-state index in [9.17, 15) is 9.59 Å². The number of rotatable bonds is 5. The highest BCUT2D eigenvalue weighted by atomic mass is 16.5. The minimum absolute atomic E-state index is 0.117. The maximum absolute atomic E-state index is 12.8. The Balaban J connectivity index is 2.07. The Morgan fingerprint density at radius 2 is 2.04 bits per heavy atom. The molecule has 1 N–H and O–H groups in total. The highest BCUT2D eigenvalue weighted by Gasteiger charge is 2.21. The zero-order chi connectivity index (χ0) is 17.1. The van der Waals surface area contributed by atoms with E-state index in [4.69, 9.17) is 4.74 Å². The summed E-state index contributed by atoms with van der Waals surface area (Å²) in [6.45, 7) is 2.54. The van der Waals surface area contributed by atoms with Crippen molar-refractivity contribution in [3.63, 3.8) is 0 Å². The molecule has 5 heteroatoms. The van der Waals surface area contributed by atoms with E-state index in [0.29, 0.717) is 23.4 Å². The van der Waals surface area contributed by atoms with Gasteiger partial charge in [-0.3, -0.25) is 9.59 Å². The number of methoxy groups -OCH3 is 1. The molecule has 1 heterocycles. The minimum atomic E-state index is -0.155. The number of nitrogens with one attached hydrogen (secondary N) is 1. The zero-order valence-corrected chi connectivity index (χ0v) is 14.3. The molecule has 1 aliphatic carbocycles. The second-order valence-electron chi connectivity index (χ2n) is 6.39. The zero-order valence-electron chi connectivity index (χ0n) is 14.3. The van der Waals surface area contributed by atoms with Crippen LogP contribution in [0.3, 0.4) is 0 Å². The topological polar surface area (TPSA) is 60.3 Å². The van der Waals surface area contributed by atoms with Gasteiger partial charge in [0.15, 0.2) is 0 Å². The van der Waals surface area contributed by atoms with Crippen molar-refractivity contribution in [1.29, 1.82) is 0 Å². The molecule has 0 bridgehead atoms. The average molecular weight is 328 g/mol. The standard InChI is InChI=1S/C19H24N2O3/c1-3-10-21-17(18(22)20-14-6-4-5-7-14)12-13-11-15(24-2)8-9-16(13)19(21)23/h8-9,11-12,14H,3-7,10H2,1-2H3,(H,20,22). The molecule has 24 heavy (non-hydrogen) atoms. The van der Waals surface area contributed by atoms with Crippen molar-refractivity contribution in [1.82, 2.24) is 9.88 Å². The molecule has 128 valence electrons. The van der Waals surface area contributed by atoms with Gasteiger partial charge in [0.2, 0.25) is 0 Å². The number of nitrogens with zero attached hydrogens (tertiary/aromatic N) is 1. The second-order valence-corrected chi connectivity index (χ2v) is 6.39. The smallest absolute Gasteiger partial charge is 0.268 e. The van der Waals surface area contributed by atoms with Crippen LogP contribution in [0.5, 0.6) is 5.75 Å². The molecule has 0 radical (unpaired) electrons. The van der Waals surface area contributed by atoms with Crippen molar-refractivity contribution in [2.45, 2.75) is 51.6 Å². The summed E-state index contributed by atoms with van der Waals surface area (Å²) in [5, 5.41) is 4.44. The van der Waals surface area contributed by atoms with Crippen LogP contribution in [0.25, 0.3) is 10.8 Å². The number of carbonyl (C=O) groups excluding carboxylic acids is 1. The fourth-order valence-corrected chi connectivity index (χ4v) is 3.43. The molecule has 2 aromatic rings. The van der Waals surface area contributed by atoms with Crippen LogP contribution in [0.1, 0.15) is 49.5 Å². The van der Waals surface area contributed by atoms with Gasteiger partial charge >= 0.3 is 0 Å². The molecule has 1 saturated carbocycles. The number of fused-ring (bicyclic) bond motifs is 1. The van der Waals surface area contributed by atoms with Crippen LogP contribution in [0, 0.1) is 0 Å². The summed E-state index contributed by atoms with van der Waals surface area (Å²) in [6.07, 6.45) is 5.14. The Hall–Kier alpha value is -2.30. The van der Waals surface area contributed by atoms with Crippen LogP contribution >= 0.6 is 0 Å². The first-order chi connectivity index (χ1) is 11.6. The number of hydrogen-bond donors (Lipinski definition) is 1. The number of carbonyl (C=O) groups is 1. The molecule has 0 spiro atoms. The van der Waals surface area contributed by atoms with E-state index in [0.717, 1.165) is 37.5 Å². The largest absolute Gasteiger partial charge is 0.497 e. The van der Waals surface area contributed by atoms with Crippen LogP contribution in [-0.2, 0) is 6.54 Å². The Kier molecular flexibility index (Phi) is 4.88. The van der Waals surface area contributed by atoms with Gasteiger partial charge in [-0.1, -0.05) is 19.8 Å². The average Bonchev–Trinajstić information content (AvgIpc) is 3.09. The van der Waals surface area contributed by atoms with Crippen LogP contribution in [0.2, 0.25) is 0 Å². The Morgan fingerprint density at radius 3 is 2.71 bits per heavy atom. The molecule has 1 amide bonds. The van der Waals surface area contributed by atoms with E-state index in [1.165, 1.54) is 0 Å². The van der Waals surface area contributed by atoms with E-state index in [1.807, 2.05) is 6.92 Å². The fraction of sp³-hybridized carbons (Fsp3) is 0.474. The van der Waals surface area contributed by atoms with Crippen molar-refractivity contribution in [3.8, 4) is 5.75 Å². The maximum atomic E-state index is 12.8. The highest BCUT2D eigenvalue weighted by molar-refractivity contribution is 5.97. The van der Waals surface area contributed by atoms with Gasteiger partial charge in [-0.25, -0.2) is 0 Å². The van der Waals surface area contributed by atoms with Crippen molar-refractivity contribution in [2.24, 2.45) is 0 Å². The molecule has 1 fully saturated rings. The number of pyridine rings is 1. The van der Waals surface area contributed by atoms with Crippen molar-refractivity contribution in [3.05, 3.63) is 40.3 Å². The molecule has 1 aromatic heterocycles. The third-order valence-electron chi connectivity index (χ3n) is 4.69. The third-order valence-corrected chi connectivity index (χ3v) is 4.69. The van der Waals surface area contributed by atoms with Gasteiger partial charge in [0.25, 0.3) is 11.5 Å². The fourth-order valence-electron chi connectivity index (χ4n) is 3.43. The van der Waals surface area contributed by atoms with Gasteiger partial charge in [-0.15, -0.1) is 0 Å². The summed E-state index contributed by atoms with van der Waals surface area (Å²) in [5.41, 5.74) is 0.322. The van der Waals surface area contributed by atoms with Gasteiger partial charge < -0.3 is 14.6 Å². The quantitative estimate of drug-likeness (QED) is 0.917. The summed E-state index contributed by atoms with van der Waals surface area (Å²) in [5.74, 6) is 0.523. The molecule has 0 saturated heterocycles. The first kappa shape index (κ1) is 16.6. The highest BCUT2D eigenvalue weighted by Crippen LogP contribution is 2.21. The molecule has 0 atom stereocenters. The minimum Gasteiger partial charge on any atom is -0.497 e. The van der Waals surface area contributed by atoms with E-state index in [2.05, 4.69) is 5.32 Å². The number of amides is 1. The lowest BCUT2D eigenvalue weighted by Crippen LogP contribution is -2.37. The van der Waals surface area contributed by atoms with E-state index >= 15 is 0 Å². The summed E-state index contributed by atoms with van der Waals surface area (Å²) < 4.78 is 6.83. The maximum Gasteiger partial charge on any atom is 0.268 e. The molecule has 0 aliphatic heterocycles. The van der Waals surface area contributed by atoms with Crippen LogP contribution in [-0.4, -0.2) is 23.6 Å². The number of benzene rings is 1. The summed E-state index contributed by atoms with van der Waals surface area (Å²) in [7, 11) is 1.59. The van der Waals surface area contributed by atoms with E-state index in [-0.39, 0.29) is 17.5 Å². The van der Waals surface area contributed by atoms with Gasteiger partial charge in [0, 0.05) is 18.0 Å². The van der Waals surface area contributed by atoms with Crippen molar-refractivity contribution < 1.29 is 9.53 Å². The molecule has 1 aromatic carbocycles. The van der Waals surface area contributed by atoms with E-state index in [1.54, 1.807) is 35.9 Å². The molecular weight excluding hydrogens is 304 g/mol. The Bertz CT molecular complexity index is 804. The van der Waals surface area contributed by atoms with Gasteiger partial charge in [-0.05, 0) is 48.9 Å². The Morgan fingerprint density at radius 1 is 1.29 bits per heavy atom.